The fourth-order valence-electron chi connectivity index (χ4n) is 1.81. The number of ether oxygens (including phenoxy) is 1. The molecule has 0 fully saturated rings. The number of benzene rings is 1. The van der Waals surface area contributed by atoms with E-state index in [9.17, 15) is 4.79 Å². The van der Waals surface area contributed by atoms with Crippen molar-refractivity contribution in [2.75, 3.05) is 6.26 Å². The second-order valence-electron chi connectivity index (χ2n) is 3.25. The van der Waals surface area contributed by atoms with Crippen molar-refractivity contribution in [3.63, 3.8) is 0 Å². The van der Waals surface area contributed by atoms with Crippen LogP contribution in [0.5, 0.6) is 0 Å². The first kappa shape index (κ1) is 9.59. The van der Waals surface area contributed by atoms with Crippen molar-refractivity contribution in [2.45, 2.75) is 18.3 Å². The Morgan fingerprint density at radius 2 is 2.14 bits per heavy atom. The molecule has 1 aromatic rings. The molecule has 0 bridgehead atoms. The normalized spacial score (nSPS) is 24.6. The fraction of sp³-hybridized carbons (Fsp3) is 0.364. The lowest BCUT2D eigenvalue weighted by atomic mass is 10.0. The first-order valence-corrected chi connectivity index (χ1v) is 5.84. The summed E-state index contributed by atoms with van der Waals surface area (Å²) in [5.41, 5.74) is 1.73. The van der Waals surface area contributed by atoms with Crippen LogP contribution in [-0.4, -0.2) is 12.2 Å². The van der Waals surface area contributed by atoms with Gasteiger partial charge in [-0.1, -0.05) is 25.1 Å². The maximum atomic E-state index is 11.6. The lowest BCUT2D eigenvalue weighted by Gasteiger charge is -2.24. The molecule has 0 saturated carbocycles. The largest absolute Gasteiger partial charge is 0.440 e. The average Bonchev–Trinajstić information content (AvgIpc) is 2.53. The van der Waals surface area contributed by atoms with Crippen LogP contribution in [0.15, 0.2) is 24.3 Å². The molecule has 1 aliphatic rings. The van der Waals surface area contributed by atoms with Gasteiger partial charge in [-0.25, -0.2) is 4.79 Å². The van der Waals surface area contributed by atoms with Gasteiger partial charge in [0, 0.05) is 5.56 Å². The Labute approximate surface area is 87.6 Å². The van der Waals surface area contributed by atoms with Crippen molar-refractivity contribution in [3.05, 3.63) is 35.4 Å². The zero-order valence-corrected chi connectivity index (χ0v) is 9.06. The lowest BCUT2D eigenvalue weighted by Crippen LogP contribution is -2.19. The molecular formula is C11H12O2S. The highest BCUT2D eigenvalue weighted by molar-refractivity contribution is 7.99. The molecule has 2 rings (SSSR count). The van der Waals surface area contributed by atoms with Gasteiger partial charge in [-0.3, -0.25) is 0 Å². The van der Waals surface area contributed by atoms with E-state index < -0.39 is 4.93 Å². The molecule has 0 saturated heterocycles. The Balaban J connectivity index is 2.58. The third-order valence-corrected chi connectivity index (χ3v) is 3.86. The summed E-state index contributed by atoms with van der Waals surface area (Å²) in [5, 5.41) is 0. The van der Waals surface area contributed by atoms with E-state index in [2.05, 4.69) is 0 Å². The second-order valence-corrected chi connectivity index (χ2v) is 4.31. The van der Waals surface area contributed by atoms with Crippen LogP contribution in [0.2, 0.25) is 0 Å². The van der Waals surface area contributed by atoms with Crippen LogP contribution in [0.1, 0.15) is 29.3 Å². The summed E-state index contributed by atoms with van der Waals surface area (Å²) in [6.45, 7) is 2.03. The highest BCUT2D eigenvalue weighted by Gasteiger charge is 2.43. The highest BCUT2D eigenvalue weighted by atomic mass is 32.2. The van der Waals surface area contributed by atoms with Gasteiger partial charge in [0.05, 0.1) is 5.56 Å². The van der Waals surface area contributed by atoms with E-state index in [1.807, 2.05) is 37.4 Å². The first-order chi connectivity index (χ1) is 6.73. The van der Waals surface area contributed by atoms with Gasteiger partial charge >= 0.3 is 5.97 Å². The van der Waals surface area contributed by atoms with Gasteiger partial charge in [-0.05, 0) is 18.7 Å². The summed E-state index contributed by atoms with van der Waals surface area (Å²) >= 11 is 1.58. The SMILES string of the molecule is CCC1(SC)OC(=O)c2ccccc21. The molecule has 1 aliphatic heterocycles. The molecule has 1 atom stereocenters. The lowest BCUT2D eigenvalue weighted by molar-refractivity contribution is 0.0280. The maximum Gasteiger partial charge on any atom is 0.340 e. The molecule has 1 aromatic carbocycles. The van der Waals surface area contributed by atoms with E-state index in [0.29, 0.717) is 5.56 Å². The summed E-state index contributed by atoms with van der Waals surface area (Å²) in [4.78, 5) is 11.1. The van der Waals surface area contributed by atoms with E-state index in [1.54, 1.807) is 11.8 Å². The van der Waals surface area contributed by atoms with Crippen LogP contribution in [-0.2, 0) is 9.67 Å². The molecule has 0 aromatic heterocycles. The summed E-state index contributed by atoms with van der Waals surface area (Å²) in [6.07, 6.45) is 2.77. The number of esters is 1. The maximum absolute atomic E-state index is 11.6. The van der Waals surface area contributed by atoms with Crippen molar-refractivity contribution < 1.29 is 9.53 Å². The van der Waals surface area contributed by atoms with Crippen LogP contribution < -0.4 is 0 Å². The number of carbonyl (C=O) groups is 1. The van der Waals surface area contributed by atoms with Crippen molar-refractivity contribution in [1.82, 2.24) is 0 Å². The third-order valence-electron chi connectivity index (χ3n) is 2.61. The van der Waals surface area contributed by atoms with Gasteiger partial charge in [0.25, 0.3) is 0 Å². The molecular weight excluding hydrogens is 196 g/mol. The summed E-state index contributed by atoms with van der Waals surface area (Å²) in [7, 11) is 0. The second kappa shape index (κ2) is 3.31. The van der Waals surface area contributed by atoms with Crippen molar-refractivity contribution in [1.29, 1.82) is 0 Å². The number of hydrogen-bond donors (Lipinski definition) is 0. The van der Waals surface area contributed by atoms with Crippen molar-refractivity contribution in [2.24, 2.45) is 0 Å². The average molecular weight is 208 g/mol. The quantitative estimate of drug-likeness (QED) is 0.699. The summed E-state index contributed by atoms with van der Waals surface area (Å²) in [5.74, 6) is -0.197. The van der Waals surface area contributed by atoms with Gasteiger partial charge in [-0.15, -0.1) is 11.8 Å². The van der Waals surface area contributed by atoms with Gasteiger partial charge in [0.1, 0.15) is 0 Å². The van der Waals surface area contributed by atoms with Crippen molar-refractivity contribution in [3.8, 4) is 0 Å². The van der Waals surface area contributed by atoms with E-state index in [4.69, 9.17) is 4.74 Å². The van der Waals surface area contributed by atoms with Crippen LogP contribution in [0, 0.1) is 0 Å². The van der Waals surface area contributed by atoms with Gasteiger partial charge in [-0.2, -0.15) is 0 Å². The zero-order chi connectivity index (χ0) is 10.2. The molecule has 1 heterocycles. The molecule has 2 nitrogen and oxygen atoms in total. The first-order valence-electron chi connectivity index (χ1n) is 4.61. The smallest absolute Gasteiger partial charge is 0.340 e. The standard InChI is InChI=1S/C11H12O2S/c1-3-11(14-2)9-7-5-4-6-8(9)10(12)13-11/h4-7H,3H2,1-2H3. The highest BCUT2D eigenvalue weighted by Crippen LogP contribution is 2.46. The number of cyclic esters (lactones) is 1. The molecule has 1 unspecified atom stereocenters. The molecule has 0 spiro atoms. The number of fused-ring (bicyclic) bond motifs is 1. The predicted molar refractivity (Wildman–Crippen MR) is 57.3 cm³/mol. The van der Waals surface area contributed by atoms with Crippen LogP contribution in [0.25, 0.3) is 0 Å². The summed E-state index contributed by atoms with van der Waals surface area (Å²) < 4.78 is 5.44. The minimum atomic E-state index is -0.451. The van der Waals surface area contributed by atoms with Gasteiger partial charge < -0.3 is 4.74 Å². The Kier molecular flexibility index (Phi) is 2.27. The van der Waals surface area contributed by atoms with Crippen LogP contribution >= 0.6 is 11.8 Å². The van der Waals surface area contributed by atoms with Gasteiger partial charge in [0.15, 0.2) is 4.93 Å². The van der Waals surface area contributed by atoms with Crippen LogP contribution in [0.4, 0.5) is 0 Å². The number of hydrogen-bond acceptors (Lipinski definition) is 3. The minimum Gasteiger partial charge on any atom is -0.440 e. The number of carbonyl (C=O) groups excluding carboxylic acids is 1. The van der Waals surface area contributed by atoms with E-state index in [0.717, 1.165) is 12.0 Å². The fourth-order valence-corrected chi connectivity index (χ4v) is 2.66. The Morgan fingerprint density at radius 3 is 2.79 bits per heavy atom. The third kappa shape index (κ3) is 1.16. The summed E-state index contributed by atoms with van der Waals surface area (Å²) in [6, 6.07) is 7.61. The Bertz CT molecular complexity index is 369. The van der Waals surface area contributed by atoms with Crippen LogP contribution in [0.3, 0.4) is 0 Å². The Hall–Kier alpha value is -0.960. The predicted octanol–water partition coefficient (Wildman–Crippen LogP) is 2.78. The zero-order valence-electron chi connectivity index (χ0n) is 8.24. The molecule has 3 heteroatoms. The minimum absolute atomic E-state index is 0.197. The number of thioether (sulfide) groups is 1. The van der Waals surface area contributed by atoms with Gasteiger partial charge in [0.2, 0.25) is 0 Å². The van der Waals surface area contributed by atoms with E-state index in [1.165, 1.54) is 0 Å². The van der Waals surface area contributed by atoms with E-state index in [-0.39, 0.29) is 5.97 Å². The molecule has 0 N–H and O–H groups in total. The van der Waals surface area contributed by atoms with Crippen molar-refractivity contribution >= 4 is 17.7 Å². The molecule has 0 aliphatic carbocycles. The Morgan fingerprint density at radius 1 is 1.43 bits per heavy atom. The topological polar surface area (TPSA) is 26.3 Å². The monoisotopic (exact) mass is 208 g/mol. The molecule has 14 heavy (non-hydrogen) atoms. The molecule has 0 amide bonds. The molecule has 0 radical (unpaired) electrons. The molecule has 74 valence electrons. The number of rotatable bonds is 2. The van der Waals surface area contributed by atoms with E-state index >= 15 is 0 Å².